The van der Waals surface area contributed by atoms with Gasteiger partial charge in [0, 0.05) is 57.1 Å². The molecule has 8 nitrogen and oxygen atoms in total. The van der Waals surface area contributed by atoms with Crippen molar-refractivity contribution in [1.29, 1.82) is 0 Å². The molecule has 0 amide bonds. The lowest BCUT2D eigenvalue weighted by Gasteiger charge is -2.44. The van der Waals surface area contributed by atoms with E-state index in [0.717, 1.165) is 38.9 Å². The van der Waals surface area contributed by atoms with Crippen molar-refractivity contribution in [2.45, 2.75) is 83.5 Å². The monoisotopic (exact) mass is 424 g/mol. The minimum Gasteiger partial charge on any atom is -0.374 e. The van der Waals surface area contributed by atoms with Gasteiger partial charge >= 0.3 is 0 Å². The molecule has 6 N–H and O–H groups in total. The molecule has 2 aliphatic rings. The Labute approximate surface area is 183 Å². The normalized spacial score (nSPS) is 21.6. The van der Waals surface area contributed by atoms with Crippen molar-refractivity contribution in [2.24, 2.45) is 5.73 Å². The molecule has 2 rings (SSSR count). The van der Waals surface area contributed by atoms with E-state index in [-0.39, 0.29) is 29.6 Å². The summed E-state index contributed by atoms with van der Waals surface area (Å²) in [4.78, 5) is 2.49. The Morgan fingerprint density at radius 1 is 0.800 bits per heavy atom. The Morgan fingerprint density at radius 3 is 1.60 bits per heavy atom. The van der Waals surface area contributed by atoms with Gasteiger partial charge in [-0.3, -0.25) is 4.90 Å². The van der Waals surface area contributed by atoms with Gasteiger partial charge in [0.05, 0.1) is 12.2 Å². The molecule has 0 bridgehead atoms. The van der Waals surface area contributed by atoms with Gasteiger partial charge in [-0.15, -0.1) is 0 Å². The number of unbranched alkanes of at least 4 members (excludes halogenated alkanes) is 1. The van der Waals surface area contributed by atoms with Crippen LogP contribution in [-0.4, -0.2) is 67.3 Å². The second kappa shape index (κ2) is 11.8. The van der Waals surface area contributed by atoms with E-state index in [1.54, 1.807) is 0 Å². The van der Waals surface area contributed by atoms with E-state index in [9.17, 15) is 0 Å². The Bertz CT molecular complexity index is 498. The number of rotatable bonds is 15. The van der Waals surface area contributed by atoms with E-state index in [1.807, 2.05) is 38.6 Å². The van der Waals surface area contributed by atoms with Crippen molar-refractivity contribution >= 4 is 0 Å². The molecule has 0 radical (unpaired) electrons. The van der Waals surface area contributed by atoms with Crippen LogP contribution in [0.25, 0.3) is 0 Å². The first-order valence-electron chi connectivity index (χ1n) is 11.5. The highest BCUT2D eigenvalue weighted by atomic mass is 16.5. The van der Waals surface area contributed by atoms with Gasteiger partial charge in [-0.2, -0.15) is 0 Å². The van der Waals surface area contributed by atoms with E-state index < -0.39 is 0 Å². The highest BCUT2D eigenvalue weighted by Crippen LogP contribution is 2.22. The zero-order valence-electron chi connectivity index (χ0n) is 19.5. The highest BCUT2D eigenvalue weighted by molar-refractivity contribution is 5.10. The summed E-state index contributed by atoms with van der Waals surface area (Å²) in [5, 5.41) is 14.1. The summed E-state index contributed by atoms with van der Waals surface area (Å²) in [6.45, 7) is 14.3. The van der Waals surface area contributed by atoms with Crippen LogP contribution < -0.4 is 27.0 Å². The Balaban J connectivity index is 2.14. The SMILES string of the molecule is CCOC(C)C1(CN(CCCCC(C)N)CC2(C(C)OCC)NC=CN2)NC=CN1. The van der Waals surface area contributed by atoms with Crippen LogP contribution in [0.5, 0.6) is 0 Å². The molecule has 3 atom stereocenters. The maximum Gasteiger partial charge on any atom is 0.147 e. The van der Waals surface area contributed by atoms with Gasteiger partial charge in [-0.25, -0.2) is 0 Å². The third-order valence-corrected chi connectivity index (χ3v) is 6.08. The van der Waals surface area contributed by atoms with Crippen molar-refractivity contribution in [3.05, 3.63) is 24.8 Å². The molecule has 30 heavy (non-hydrogen) atoms. The number of nitrogens with one attached hydrogen (secondary N) is 4. The van der Waals surface area contributed by atoms with Crippen molar-refractivity contribution in [3.8, 4) is 0 Å². The highest BCUT2D eigenvalue weighted by Gasteiger charge is 2.43. The lowest BCUT2D eigenvalue weighted by Crippen LogP contribution is -2.69. The van der Waals surface area contributed by atoms with Crippen LogP contribution in [-0.2, 0) is 9.47 Å². The molecule has 0 aliphatic carbocycles. The molecule has 0 aromatic rings. The molecular weight excluding hydrogens is 380 g/mol. The topological polar surface area (TPSA) is 95.8 Å². The molecule has 0 spiro atoms. The third kappa shape index (κ3) is 6.51. The summed E-state index contributed by atoms with van der Waals surface area (Å²) in [5.74, 6) is 0. The predicted molar refractivity (Wildman–Crippen MR) is 122 cm³/mol. The summed E-state index contributed by atoms with van der Waals surface area (Å²) in [6, 6.07) is 0.247. The molecule has 0 saturated heterocycles. The molecule has 174 valence electrons. The molecule has 2 aliphatic heterocycles. The quantitative estimate of drug-likeness (QED) is 0.252. The van der Waals surface area contributed by atoms with Gasteiger partial charge in [-0.1, -0.05) is 6.42 Å². The summed E-state index contributed by atoms with van der Waals surface area (Å²) < 4.78 is 12.0. The number of nitrogens with zero attached hydrogens (tertiary/aromatic N) is 1. The summed E-state index contributed by atoms with van der Waals surface area (Å²) in [5.41, 5.74) is 5.23. The summed E-state index contributed by atoms with van der Waals surface area (Å²) >= 11 is 0. The van der Waals surface area contributed by atoms with Crippen molar-refractivity contribution in [3.63, 3.8) is 0 Å². The van der Waals surface area contributed by atoms with Gasteiger partial charge in [0.1, 0.15) is 11.3 Å². The predicted octanol–water partition coefficient (Wildman–Crippen LogP) is 1.38. The number of nitrogens with two attached hydrogens (primary N) is 1. The standard InChI is InChI=1S/C22H44N6O2/c1-6-29-19(4)21(24-11-12-25-21)16-28(15-9-8-10-18(3)23)17-22(20(5)30-7-2)26-13-14-27-22/h11-14,18-20,24-27H,6-10,15-17,23H2,1-5H3. The first-order valence-corrected chi connectivity index (χ1v) is 11.5. The molecular formula is C22H44N6O2. The summed E-state index contributed by atoms with van der Waals surface area (Å²) in [6.07, 6.45) is 11.1. The largest absolute Gasteiger partial charge is 0.374 e. The molecule has 0 saturated carbocycles. The Morgan fingerprint density at radius 2 is 1.23 bits per heavy atom. The number of hydrogen-bond donors (Lipinski definition) is 5. The smallest absolute Gasteiger partial charge is 0.147 e. The Hall–Kier alpha value is -1.48. The molecule has 0 aromatic heterocycles. The maximum atomic E-state index is 5.99. The van der Waals surface area contributed by atoms with Gasteiger partial charge in [0.2, 0.25) is 0 Å². The van der Waals surface area contributed by atoms with Crippen LogP contribution in [0.4, 0.5) is 0 Å². The zero-order valence-corrected chi connectivity index (χ0v) is 19.5. The third-order valence-electron chi connectivity index (χ3n) is 6.08. The fourth-order valence-electron chi connectivity index (χ4n) is 4.26. The molecule has 0 aromatic carbocycles. The average molecular weight is 425 g/mol. The second-order valence-electron chi connectivity index (χ2n) is 8.57. The van der Waals surface area contributed by atoms with Crippen molar-refractivity contribution in [1.82, 2.24) is 26.2 Å². The van der Waals surface area contributed by atoms with E-state index in [1.165, 1.54) is 0 Å². The van der Waals surface area contributed by atoms with E-state index in [4.69, 9.17) is 15.2 Å². The Kier molecular flexibility index (Phi) is 9.74. The van der Waals surface area contributed by atoms with Crippen LogP contribution in [0.15, 0.2) is 24.8 Å². The molecule has 8 heteroatoms. The van der Waals surface area contributed by atoms with Gasteiger partial charge in [0.25, 0.3) is 0 Å². The lowest BCUT2D eigenvalue weighted by atomic mass is 9.99. The van der Waals surface area contributed by atoms with Crippen LogP contribution >= 0.6 is 0 Å². The second-order valence-corrected chi connectivity index (χ2v) is 8.57. The molecule has 0 fully saturated rings. The fraction of sp³-hybridized carbons (Fsp3) is 0.818. The van der Waals surface area contributed by atoms with Crippen LogP contribution in [0.2, 0.25) is 0 Å². The van der Waals surface area contributed by atoms with Crippen molar-refractivity contribution in [2.75, 3.05) is 32.8 Å². The fourth-order valence-corrected chi connectivity index (χ4v) is 4.26. The van der Waals surface area contributed by atoms with Gasteiger partial charge in [-0.05, 0) is 54.0 Å². The molecule has 3 unspecified atom stereocenters. The van der Waals surface area contributed by atoms with E-state index >= 15 is 0 Å². The minimum absolute atomic E-state index is 0.00644. The summed E-state index contributed by atoms with van der Waals surface area (Å²) in [7, 11) is 0. The zero-order chi connectivity index (χ0) is 22.0. The van der Waals surface area contributed by atoms with E-state index in [0.29, 0.717) is 13.2 Å². The average Bonchev–Trinajstić information content (AvgIpc) is 3.36. The lowest BCUT2D eigenvalue weighted by molar-refractivity contribution is -0.0365. The minimum atomic E-state index is -0.362. The molecule has 2 heterocycles. The van der Waals surface area contributed by atoms with Crippen LogP contribution in [0.1, 0.15) is 53.9 Å². The van der Waals surface area contributed by atoms with Crippen LogP contribution in [0, 0.1) is 0 Å². The van der Waals surface area contributed by atoms with Crippen LogP contribution in [0.3, 0.4) is 0 Å². The first kappa shape index (κ1) is 24.8. The van der Waals surface area contributed by atoms with Crippen molar-refractivity contribution < 1.29 is 9.47 Å². The van der Waals surface area contributed by atoms with Gasteiger partial charge in [0.15, 0.2) is 0 Å². The number of hydrogen-bond acceptors (Lipinski definition) is 8. The number of ether oxygens (including phenoxy) is 2. The maximum absolute atomic E-state index is 5.99. The first-order chi connectivity index (χ1) is 14.4. The van der Waals surface area contributed by atoms with E-state index in [2.05, 4.69) is 46.9 Å². The van der Waals surface area contributed by atoms with Gasteiger partial charge < -0.3 is 36.5 Å².